The van der Waals surface area contributed by atoms with Crippen molar-refractivity contribution in [3.05, 3.63) is 4.91 Å². The van der Waals surface area contributed by atoms with Crippen molar-refractivity contribution in [1.82, 2.24) is 10.3 Å². The van der Waals surface area contributed by atoms with Crippen LogP contribution in [0.4, 0.5) is 4.79 Å². The van der Waals surface area contributed by atoms with Gasteiger partial charge in [0.1, 0.15) is 12.2 Å². The molecule has 11 nitrogen and oxygen atoms in total. The van der Waals surface area contributed by atoms with Crippen molar-refractivity contribution in [2.45, 2.75) is 50.1 Å². The number of halogens is 1. The van der Waals surface area contributed by atoms with Crippen LogP contribution < -0.4 is 5.32 Å². The summed E-state index contributed by atoms with van der Waals surface area (Å²) in [6.07, 6.45) is -5.10. The van der Waals surface area contributed by atoms with Crippen molar-refractivity contribution in [2.75, 3.05) is 25.6 Å². The summed E-state index contributed by atoms with van der Waals surface area (Å²) < 4.78 is 10.5. The Balaban J connectivity index is 2.96. The number of amides is 2. The molecule has 0 saturated carbocycles. The van der Waals surface area contributed by atoms with Crippen LogP contribution in [0.5, 0.6) is 0 Å². The molecule has 1 aliphatic rings. The third-order valence-corrected chi connectivity index (χ3v) is 3.89. The SMILES string of the molecule is CCCCO[C@H]1O[C@H](CO)[C@@H](O)[C@](O)(NC(=O)N(CCCl)N=O)[C@H]1O. The monoisotopic (exact) mass is 385 g/mol. The molecule has 1 fully saturated rings. The Morgan fingerprint density at radius 3 is 2.64 bits per heavy atom. The minimum atomic E-state index is -2.64. The van der Waals surface area contributed by atoms with Gasteiger partial charge >= 0.3 is 6.03 Å². The number of rotatable bonds is 9. The number of urea groups is 1. The minimum absolute atomic E-state index is 0.103. The quantitative estimate of drug-likeness (QED) is 0.109. The number of hydrogen-bond acceptors (Lipinski definition) is 9. The van der Waals surface area contributed by atoms with Crippen LogP contribution in [-0.4, -0.2) is 87.4 Å². The Labute approximate surface area is 149 Å². The van der Waals surface area contributed by atoms with E-state index in [2.05, 4.69) is 5.29 Å². The number of aliphatic hydroxyl groups excluding tert-OH is 3. The van der Waals surface area contributed by atoms with Gasteiger partial charge in [-0.05, 0) is 6.42 Å². The van der Waals surface area contributed by atoms with Gasteiger partial charge in [-0.2, -0.15) is 5.01 Å². The molecule has 1 aliphatic heterocycles. The van der Waals surface area contributed by atoms with Gasteiger partial charge < -0.3 is 35.2 Å². The molecule has 0 unspecified atom stereocenters. The van der Waals surface area contributed by atoms with Gasteiger partial charge in [0.05, 0.1) is 18.4 Å². The highest BCUT2D eigenvalue weighted by molar-refractivity contribution is 6.18. The average molecular weight is 386 g/mol. The molecule has 1 heterocycles. The van der Waals surface area contributed by atoms with Gasteiger partial charge in [-0.1, -0.05) is 13.3 Å². The molecular weight excluding hydrogens is 362 g/mol. The van der Waals surface area contributed by atoms with Gasteiger partial charge in [0, 0.05) is 12.5 Å². The summed E-state index contributed by atoms with van der Waals surface area (Å²) in [7, 11) is 0. The molecule has 1 rings (SSSR count). The smallest absolute Gasteiger partial charge is 0.342 e. The van der Waals surface area contributed by atoms with Crippen molar-refractivity contribution in [3.8, 4) is 0 Å². The van der Waals surface area contributed by atoms with E-state index in [1.807, 2.05) is 12.2 Å². The predicted octanol–water partition coefficient (Wildman–Crippen LogP) is -1.14. The molecule has 5 N–H and O–H groups in total. The molecule has 0 radical (unpaired) electrons. The number of nitrogens with zero attached hydrogens (tertiary/aromatic N) is 2. The van der Waals surface area contributed by atoms with E-state index in [0.717, 1.165) is 6.42 Å². The fourth-order valence-corrected chi connectivity index (χ4v) is 2.41. The lowest BCUT2D eigenvalue weighted by atomic mass is 9.92. The van der Waals surface area contributed by atoms with Gasteiger partial charge in [-0.3, -0.25) is 0 Å². The maximum Gasteiger partial charge on any atom is 0.342 e. The molecule has 146 valence electrons. The zero-order valence-corrected chi connectivity index (χ0v) is 14.5. The third-order valence-electron chi connectivity index (χ3n) is 3.72. The fraction of sp³-hybridized carbons (Fsp3) is 0.923. The molecule has 0 aromatic carbocycles. The second kappa shape index (κ2) is 10.2. The maximum absolute atomic E-state index is 12.0. The highest BCUT2D eigenvalue weighted by Crippen LogP contribution is 2.29. The Kier molecular flexibility index (Phi) is 8.93. The van der Waals surface area contributed by atoms with E-state index in [9.17, 15) is 30.1 Å². The number of carbonyl (C=O) groups excluding carboxylic acids is 1. The topological polar surface area (TPSA) is 161 Å². The van der Waals surface area contributed by atoms with Crippen LogP contribution >= 0.6 is 11.6 Å². The first-order valence-corrected chi connectivity index (χ1v) is 8.34. The van der Waals surface area contributed by atoms with Crippen LogP contribution in [0.3, 0.4) is 0 Å². The van der Waals surface area contributed by atoms with Crippen LogP contribution in [0.2, 0.25) is 0 Å². The maximum atomic E-state index is 12.0. The molecule has 0 bridgehead atoms. The number of aliphatic hydroxyl groups is 4. The first kappa shape index (κ1) is 22.0. The molecule has 1 saturated heterocycles. The molecule has 5 atom stereocenters. The second-order valence-corrected chi connectivity index (χ2v) is 5.87. The van der Waals surface area contributed by atoms with Gasteiger partial charge in [0.25, 0.3) is 0 Å². The lowest BCUT2D eigenvalue weighted by molar-refractivity contribution is -0.337. The van der Waals surface area contributed by atoms with Crippen LogP contribution in [0.25, 0.3) is 0 Å². The van der Waals surface area contributed by atoms with Gasteiger partial charge in [0.2, 0.25) is 0 Å². The van der Waals surface area contributed by atoms with Gasteiger partial charge in [0.15, 0.2) is 18.1 Å². The summed E-state index contributed by atoms with van der Waals surface area (Å²) in [5.41, 5.74) is -2.64. The summed E-state index contributed by atoms with van der Waals surface area (Å²) in [4.78, 5) is 22.7. The first-order chi connectivity index (χ1) is 11.8. The number of hydrogen-bond donors (Lipinski definition) is 5. The Morgan fingerprint density at radius 2 is 2.12 bits per heavy atom. The summed E-state index contributed by atoms with van der Waals surface area (Å²) >= 11 is 5.44. The predicted molar refractivity (Wildman–Crippen MR) is 85.3 cm³/mol. The van der Waals surface area contributed by atoms with Crippen molar-refractivity contribution in [1.29, 1.82) is 0 Å². The summed E-state index contributed by atoms with van der Waals surface area (Å²) in [5, 5.41) is 45.1. The second-order valence-electron chi connectivity index (χ2n) is 5.49. The van der Waals surface area contributed by atoms with E-state index in [-0.39, 0.29) is 19.0 Å². The minimum Gasteiger partial charge on any atom is -0.394 e. The summed E-state index contributed by atoms with van der Waals surface area (Å²) in [6, 6.07) is -1.19. The standard InChI is InChI=1S/C13H24ClN3O8/c1-2-3-6-24-11-10(20)13(22,9(19)8(7-18)25-11)15-12(21)17(16-23)5-4-14/h8-11,18-20,22H,2-7H2,1H3,(H,15,21)/t8-,9-,10+,11+,13-/m1/s1. The van der Waals surface area contributed by atoms with E-state index in [0.29, 0.717) is 11.4 Å². The molecule has 2 amide bonds. The highest BCUT2D eigenvalue weighted by Gasteiger charge is 2.57. The number of carbonyl (C=O) groups is 1. The van der Waals surface area contributed by atoms with E-state index < -0.39 is 43.0 Å². The van der Waals surface area contributed by atoms with E-state index >= 15 is 0 Å². The van der Waals surface area contributed by atoms with Gasteiger partial charge in [-0.25, -0.2) is 4.79 Å². The van der Waals surface area contributed by atoms with Crippen molar-refractivity contribution >= 4 is 17.6 Å². The fourth-order valence-electron chi connectivity index (χ4n) is 2.25. The molecule has 25 heavy (non-hydrogen) atoms. The highest BCUT2D eigenvalue weighted by atomic mass is 35.5. The number of nitroso groups, excluding NO2 is 1. The molecular formula is C13H24ClN3O8. The molecule has 0 aromatic rings. The van der Waals surface area contributed by atoms with Crippen LogP contribution in [-0.2, 0) is 9.47 Å². The molecule has 0 spiro atoms. The van der Waals surface area contributed by atoms with E-state index in [1.54, 1.807) is 0 Å². The normalized spacial score (nSPS) is 32.2. The number of unbranched alkanes of at least 4 members (excludes halogenated alkanes) is 1. The summed E-state index contributed by atoms with van der Waals surface area (Å²) in [6.45, 7) is 1.13. The van der Waals surface area contributed by atoms with E-state index in [1.165, 1.54) is 0 Å². The Morgan fingerprint density at radius 1 is 1.44 bits per heavy atom. The Bertz CT molecular complexity index is 445. The summed E-state index contributed by atoms with van der Waals surface area (Å²) in [5.74, 6) is -0.103. The Hall–Kier alpha value is -1.08. The van der Waals surface area contributed by atoms with Crippen molar-refractivity contribution in [3.63, 3.8) is 0 Å². The zero-order valence-electron chi connectivity index (χ0n) is 13.7. The molecule has 12 heteroatoms. The van der Waals surface area contributed by atoms with E-state index in [4.69, 9.17) is 21.1 Å². The van der Waals surface area contributed by atoms with Gasteiger partial charge in [-0.15, -0.1) is 16.5 Å². The van der Waals surface area contributed by atoms with Crippen molar-refractivity contribution < 1.29 is 34.7 Å². The third kappa shape index (κ3) is 5.20. The average Bonchev–Trinajstić information content (AvgIpc) is 2.60. The number of ether oxygens (including phenoxy) is 2. The zero-order chi connectivity index (χ0) is 19.0. The molecule has 0 aliphatic carbocycles. The largest absolute Gasteiger partial charge is 0.394 e. The lowest BCUT2D eigenvalue weighted by Gasteiger charge is -2.47. The van der Waals surface area contributed by atoms with Crippen LogP contribution in [0, 0.1) is 4.91 Å². The number of alkyl halides is 1. The van der Waals surface area contributed by atoms with Crippen LogP contribution in [0.1, 0.15) is 19.8 Å². The van der Waals surface area contributed by atoms with Crippen LogP contribution in [0.15, 0.2) is 5.29 Å². The number of nitrogens with one attached hydrogen (secondary N) is 1. The van der Waals surface area contributed by atoms with Crippen molar-refractivity contribution in [2.24, 2.45) is 5.29 Å². The first-order valence-electron chi connectivity index (χ1n) is 7.81. The molecule has 0 aromatic heterocycles. The lowest BCUT2D eigenvalue weighted by Crippen LogP contribution is -2.75.